The van der Waals surface area contributed by atoms with Crippen LogP contribution in [0.25, 0.3) is 0 Å². The van der Waals surface area contributed by atoms with E-state index in [0.717, 1.165) is 13.0 Å². The van der Waals surface area contributed by atoms with Crippen LogP contribution in [0, 0.1) is 5.41 Å². The summed E-state index contributed by atoms with van der Waals surface area (Å²) in [5, 5.41) is 0. The Labute approximate surface area is 113 Å². The summed E-state index contributed by atoms with van der Waals surface area (Å²) in [5.41, 5.74) is 6.91. The van der Waals surface area contributed by atoms with Gasteiger partial charge in [-0.2, -0.15) is 0 Å². The van der Waals surface area contributed by atoms with E-state index in [4.69, 9.17) is 5.73 Å². The fourth-order valence-electron chi connectivity index (χ4n) is 2.50. The molecule has 1 saturated heterocycles. The Morgan fingerprint density at radius 1 is 1.47 bits per heavy atom. The number of aryl methyl sites for hydroxylation is 1. The standard InChI is InChI=1S/C14H21N3O2/c1-10(18)11-6-12(16(3)7-11)13(19)17-5-4-14(2,8-15)9-17/h6-7H,4-5,8-9,15H2,1-3H3. The molecule has 1 aliphatic rings. The molecular weight excluding hydrogens is 242 g/mol. The maximum atomic E-state index is 12.5. The van der Waals surface area contributed by atoms with E-state index in [1.807, 2.05) is 4.90 Å². The maximum Gasteiger partial charge on any atom is 0.270 e. The van der Waals surface area contributed by atoms with E-state index in [1.54, 1.807) is 23.9 Å². The number of rotatable bonds is 3. The molecule has 19 heavy (non-hydrogen) atoms. The number of aromatic nitrogens is 1. The van der Waals surface area contributed by atoms with E-state index in [-0.39, 0.29) is 17.1 Å². The van der Waals surface area contributed by atoms with Gasteiger partial charge in [-0.3, -0.25) is 9.59 Å². The van der Waals surface area contributed by atoms with Crippen LogP contribution in [0.1, 0.15) is 41.1 Å². The lowest BCUT2D eigenvalue weighted by atomic mass is 9.90. The number of hydrogen-bond acceptors (Lipinski definition) is 3. The van der Waals surface area contributed by atoms with Crippen molar-refractivity contribution in [2.75, 3.05) is 19.6 Å². The number of nitrogens with two attached hydrogens (primary N) is 1. The van der Waals surface area contributed by atoms with Gasteiger partial charge in [0, 0.05) is 31.9 Å². The largest absolute Gasteiger partial charge is 0.346 e. The summed E-state index contributed by atoms with van der Waals surface area (Å²) in [5.74, 6) is -0.0463. The third-order valence-corrected chi connectivity index (χ3v) is 3.97. The van der Waals surface area contributed by atoms with Gasteiger partial charge in [-0.05, 0) is 31.4 Å². The van der Waals surface area contributed by atoms with Crippen LogP contribution in [0.5, 0.6) is 0 Å². The number of carbonyl (C=O) groups excluding carboxylic acids is 2. The van der Waals surface area contributed by atoms with Gasteiger partial charge >= 0.3 is 0 Å². The lowest BCUT2D eigenvalue weighted by Crippen LogP contribution is -2.35. The molecule has 0 aliphatic carbocycles. The van der Waals surface area contributed by atoms with Crippen molar-refractivity contribution in [3.05, 3.63) is 23.5 Å². The summed E-state index contributed by atoms with van der Waals surface area (Å²) in [7, 11) is 1.79. The Morgan fingerprint density at radius 3 is 2.63 bits per heavy atom. The van der Waals surface area contributed by atoms with Gasteiger partial charge in [0.25, 0.3) is 5.91 Å². The molecule has 1 aliphatic heterocycles. The minimum atomic E-state index is -0.0251. The lowest BCUT2D eigenvalue weighted by Gasteiger charge is -2.22. The highest BCUT2D eigenvalue weighted by molar-refractivity contribution is 5.99. The summed E-state index contributed by atoms with van der Waals surface area (Å²) < 4.78 is 1.72. The molecule has 0 radical (unpaired) electrons. The second kappa shape index (κ2) is 4.81. The van der Waals surface area contributed by atoms with Gasteiger partial charge in [-0.1, -0.05) is 6.92 Å². The Kier molecular flexibility index (Phi) is 3.49. The van der Waals surface area contributed by atoms with Crippen LogP contribution in [-0.4, -0.2) is 40.8 Å². The molecule has 5 heteroatoms. The summed E-state index contributed by atoms with van der Waals surface area (Å²) in [6.07, 6.45) is 2.63. The Bertz CT molecular complexity index is 521. The highest BCUT2D eigenvalue weighted by Crippen LogP contribution is 2.29. The fraction of sp³-hybridized carbons (Fsp3) is 0.571. The number of hydrogen-bond donors (Lipinski definition) is 1. The highest BCUT2D eigenvalue weighted by Gasteiger charge is 2.35. The lowest BCUT2D eigenvalue weighted by molar-refractivity contribution is 0.0767. The monoisotopic (exact) mass is 263 g/mol. The second-order valence-corrected chi connectivity index (χ2v) is 5.77. The van der Waals surface area contributed by atoms with Crippen molar-refractivity contribution in [2.24, 2.45) is 18.2 Å². The molecule has 1 unspecified atom stereocenters. The van der Waals surface area contributed by atoms with Crippen LogP contribution < -0.4 is 5.73 Å². The smallest absolute Gasteiger partial charge is 0.270 e. The Hall–Kier alpha value is -1.62. The first kappa shape index (κ1) is 13.8. The van der Waals surface area contributed by atoms with Crippen molar-refractivity contribution in [1.82, 2.24) is 9.47 Å². The molecule has 104 valence electrons. The van der Waals surface area contributed by atoms with Gasteiger partial charge in [0.15, 0.2) is 5.78 Å². The summed E-state index contributed by atoms with van der Waals surface area (Å²) >= 11 is 0. The number of nitrogens with zero attached hydrogens (tertiary/aromatic N) is 2. The van der Waals surface area contributed by atoms with Crippen molar-refractivity contribution < 1.29 is 9.59 Å². The van der Waals surface area contributed by atoms with Crippen LogP contribution in [-0.2, 0) is 7.05 Å². The summed E-state index contributed by atoms with van der Waals surface area (Å²) in [6.45, 7) is 5.61. The molecule has 0 bridgehead atoms. The molecule has 1 aromatic rings. The molecule has 2 N–H and O–H groups in total. The minimum absolute atomic E-state index is 0.0181. The zero-order valence-electron chi connectivity index (χ0n) is 11.8. The highest BCUT2D eigenvalue weighted by atomic mass is 16.2. The molecule has 0 spiro atoms. The molecule has 1 amide bonds. The predicted molar refractivity (Wildman–Crippen MR) is 73.1 cm³/mol. The Balaban J connectivity index is 2.19. The summed E-state index contributed by atoms with van der Waals surface area (Å²) in [4.78, 5) is 25.6. The molecule has 1 fully saturated rings. The number of likely N-dealkylation sites (tertiary alicyclic amines) is 1. The topological polar surface area (TPSA) is 68.3 Å². The van der Waals surface area contributed by atoms with Gasteiger partial charge in [0.1, 0.15) is 5.69 Å². The molecule has 2 rings (SSSR count). The van der Waals surface area contributed by atoms with E-state index in [1.165, 1.54) is 6.92 Å². The molecule has 5 nitrogen and oxygen atoms in total. The first-order chi connectivity index (χ1) is 8.86. The fourth-order valence-corrected chi connectivity index (χ4v) is 2.50. The van der Waals surface area contributed by atoms with Gasteiger partial charge in [0.2, 0.25) is 0 Å². The predicted octanol–water partition coefficient (Wildman–Crippen LogP) is 1.04. The molecule has 0 saturated carbocycles. The zero-order chi connectivity index (χ0) is 14.2. The number of amides is 1. The van der Waals surface area contributed by atoms with E-state index < -0.39 is 0 Å². The van der Waals surface area contributed by atoms with Crippen LogP contribution in [0.3, 0.4) is 0 Å². The first-order valence-corrected chi connectivity index (χ1v) is 6.53. The van der Waals surface area contributed by atoms with Gasteiger partial charge in [0.05, 0.1) is 0 Å². The van der Waals surface area contributed by atoms with Crippen molar-refractivity contribution >= 4 is 11.7 Å². The molecule has 1 aromatic heterocycles. The number of ketones is 1. The van der Waals surface area contributed by atoms with Gasteiger partial charge in [-0.15, -0.1) is 0 Å². The van der Waals surface area contributed by atoms with Crippen LogP contribution >= 0.6 is 0 Å². The third kappa shape index (κ3) is 2.56. The quantitative estimate of drug-likeness (QED) is 0.828. The average molecular weight is 263 g/mol. The molecule has 1 atom stereocenters. The second-order valence-electron chi connectivity index (χ2n) is 5.77. The zero-order valence-corrected chi connectivity index (χ0v) is 11.8. The maximum absolute atomic E-state index is 12.5. The Morgan fingerprint density at radius 2 is 2.16 bits per heavy atom. The van der Waals surface area contributed by atoms with Gasteiger partial charge < -0.3 is 15.2 Å². The van der Waals surface area contributed by atoms with Crippen molar-refractivity contribution in [3.8, 4) is 0 Å². The minimum Gasteiger partial charge on any atom is -0.346 e. The molecule has 2 heterocycles. The summed E-state index contributed by atoms with van der Waals surface area (Å²) in [6, 6.07) is 1.67. The van der Waals surface area contributed by atoms with Crippen LogP contribution in [0.4, 0.5) is 0 Å². The van der Waals surface area contributed by atoms with Gasteiger partial charge in [-0.25, -0.2) is 0 Å². The number of carbonyl (C=O) groups is 2. The molecular formula is C14H21N3O2. The van der Waals surface area contributed by atoms with Crippen LogP contribution in [0.2, 0.25) is 0 Å². The average Bonchev–Trinajstić information content (AvgIpc) is 2.93. The van der Waals surface area contributed by atoms with E-state index in [0.29, 0.717) is 24.3 Å². The number of Topliss-reactive ketones (excluding diaryl/α,β-unsaturated/α-hetero) is 1. The van der Waals surface area contributed by atoms with Crippen molar-refractivity contribution in [3.63, 3.8) is 0 Å². The van der Waals surface area contributed by atoms with Crippen molar-refractivity contribution in [2.45, 2.75) is 20.3 Å². The molecule has 0 aromatic carbocycles. The van der Waals surface area contributed by atoms with E-state index >= 15 is 0 Å². The third-order valence-electron chi connectivity index (χ3n) is 3.97. The van der Waals surface area contributed by atoms with E-state index in [9.17, 15) is 9.59 Å². The first-order valence-electron chi connectivity index (χ1n) is 6.53. The van der Waals surface area contributed by atoms with E-state index in [2.05, 4.69) is 6.92 Å². The normalized spacial score (nSPS) is 22.8. The SMILES string of the molecule is CC(=O)c1cc(C(=O)N2CCC(C)(CN)C2)n(C)c1. The van der Waals surface area contributed by atoms with Crippen molar-refractivity contribution in [1.29, 1.82) is 0 Å². The van der Waals surface area contributed by atoms with Crippen LogP contribution in [0.15, 0.2) is 12.3 Å².